The topological polar surface area (TPSA) is 3.24 Å². The number of halogens is 2. The minimum Gasteiger partial charge on any atom is -0.302 e. The van der Waals surface area contributed by atoms with E-state index >= 15 is 0 Å². The van der Waals surface area contributed by atoms with Crippen LogP contribution in [-0.2, 0) is 6.54 Å². The average Bonchev–Trinajstić information content (AvgIpc) is 2.23. The van der Waals surface area contributed by atoms with Gasteiger partial charge in [0.1, 0.15) is 5.82 Å². The molecule has 0 unspecified atom stereocenters. The van der Waals surface area contributed by atoms with Gasteiger partial charge in [-0.05, 0) is 37.7 Å². The summed E-state index contributed by atoms with van der Waals surface area (Å²) in [5.74, 6) is -0.276. The molecular weight excluding hydrogens is 225 g/mol. The van der Waals surface area contributed by atoms with E-state index in [-0.39, 0.29) is 5.82 Å². The maximum Gasteiger partial charge on any atom is 0.124 e. The molecule has 90 valence electrons. The predicted octanol–water partition coefficient (Wildman–Crippen LogP) is 4.10. The van der Waals surface area contributed by atoms with Crippen LogP contribution in [0.1, 0.15) is 31.7 Å². The van der Waals surface area contributed by atoms with E-state index in [1.807, 2.05) is 0 Å². The summed E-state index contributed by atoms with van der Waals surface area (Å²) in [4.78, 5) is 2.22. The summed E-state index contributed by atoms with van der Waals surface area (Å²) in [6.45, 7) is 4.03. The first kappa shape index (κ1) is 13.5. The highest BCUT2D eigenvalue weighted by Crippen LogP contribution is 2.18. The van der Waals surface area contributed by atoms with Crippen molar-refractivity contribution in [3.05, 3.63) is 34.6 Å². The van der Waals surface area contributed by atoms with E-state index in [9.17, 15) is 4.39 Å². The van der Waals surface area contributed by atoms with Gasteiger partial charge in [-0.2, -0.15) is 0 Å². The van der Waals surface area contributed by atoms with E-state index in [0.29, 0.717) is 5.02 Å². The maximum atomic E-state index is 12.8. The molecule has 0 radical (unpaired) electrons. The van der Waals surface area contributed by atoms with E-state index < -0.39 is 0 Å². The second-order valence-electron chi connectivity index (χ2n) is 4.18. The fourth-order valence-electron chi connectivity index (χ4n) is 1.65. The van der Waals surface area contributed by atoms with Crippen LogP contribution in [0.25, 0.3) is 0 Å². The van der Waals surface area contributed by atoms with Crippen molar-refractivity contribution in [1.82, 2.24) is 4.90 Å². The normalized spacial score (nSPS) is 11.1. The summed E-state index contributed by atoms with van der Waals surface area (Å²) in [6, 6.07) is 4.59. The largest absolute Gasteiger partial charge is 0.302 e. The first-order chi connectivity index (χ1) is 7.63. The Labute approximate surface area is 102 Å². The molecule has 0 saturated heterocycles. The lowest BCUT2D eigenvalue weighted by Crippen LogP contribution is -2.19. The fourth-order valence-corrected chi connectivity index (χ4v) is 1.88. The molecule has 0 bridgehead atoms. The Hall–Kier alpha value is -0.600. The van der Waals surface area contributed by atoms with Gasteiger partial charge in [-0.3, -0.25) is 0 Å². The van der Waals surface area contributed by atoms with Crippen LogP contribution in [0, 0.1) is 5.82 Å². The highest BCUT2D eigenvalue weighted by molar-refractivity contribution is 6.31. The van der Waals surface area contributed by atoms with Gasteiger partial charge in [-0.25, -0.2) is 4.39 Å². The zero-order chi connectivity index (χ0) is 12.0. The number of benzene rings is 1. The van der Waals surface area contributed by atoms with Crippen molar-refractivity contribution in [3.8, 4) is 0 Å². The van der Waals surface area contributed by atoms with Crippen molar-refractivity contribution in [3.63, 3.8) is 0 Å². The van der Waals surface area contributed by atoms with E-state index in [1.54, 1.807) is 6.07 Å². The highest BCUT2D eigenvalue weighted by atomic mass is 35.5. The first-order valence-corrected chi connectivity index (χ1v) is 6.13. The van der Waals surface area contributed by atoms with Crippen LogP contribution in [-0.4, -0.2) is 18.5 Å². The van der Waals surface area contributed by atoms with Gasteiger partial charge in [-0.1, -0.05) is 37.4 Å². The average molecular weight is 244 g/mol. The Morgan fingerprint density at radius 3 is 2.69 bits per heavy atom. The van der Waals surface area contributed by atoms with Gasteiger partial charge < -0.3 is 4.90 Å². The predicted molar refractivity (Wildman–Crippen MR) is 67.3 cm³/mol. The molecule has 0 spiro atoms. The molecule has 1 aromatic rings. The second-order valence-corrected chi connectivity index (χ2v) is 4.59. The summed E-state index contributed by atoms with van der Waals surface area (Å²) < 4.78 is 12.8. The zero-order valence-electron chi connectivity index (χ0n) is 9.97. The molecule has 0 saturated carbocycles. The summed E-state index contributed by atoms with van der Waals surface area (Å²) in [5.41, 5.74) is 0.988. The molecule has 0 fully saturated rings. The zero-order valence-corrected chi connectivity index (χ0v) is 10.7. The van der Waals surface area contributed by atoms with Gasteiger partial charge in [-0.15, -0.1) is 0 Å². The molecule has 0 heterocycles. The molecule has 16 heavy (non-hydrogen) atoms. The Morgan fingerprint density at radius 1 is 1.31 bits per heavy atom. The third kappa shape index (κ3) is 4.50. The smallest absolute Gasteiger partial charge is 0.124 e. The fraction of sp³-hybridized carbons (Fsp3) is 0.538. The van der Waals surface area contributed by atoms with Crippen LogP contribution in [0.15, 0.2) is 18.2 Å². The molecule has 0 N–H and O–H groups in total. The number of rotatable bonds is 6. The quantitative estimate of drug-likeness (QED) is 0.680. The van der Waals surface area contributed by atoms with Gasteiger partial charge >= 0.3 is 0 Å². The molecule has 0 amide bonds. The van der Waals surface area contributed by atoms with Gasteiger partial charge in [0.25, 0.3) is 0 Å². The van der Waals surface area contributed by atoms with Crippen molar-refractivity contribution in [2.24, 2.45) is 0 Å². The van der Waals surface area contributed by atoms with Crippen molar-refractivity contribution < 1.29 is 4.39 Å². The molecule has 1 rings (SSSR count). The third-order valence-corrected chi connectivity index (χ3v) is 2.95. The lowest BCUT2D eigenvalue weighted by molar-refractivity contribution is 0.318. The minimum absolute atomic E-state index is 0.276. The molecule has 0 aromatic heterocycles. The Morgan fingerprint density at radius 2 is 2.06 bits per heavy atom. The molecule has 0 aliphatic rings. The number of nitrogens with zero attached hydrogens (tertiary/aromatic N) is 1. The van der Waals surface area contributed by atoms with Gasteiger partial charge in [0.05, 0.1) is 0 Å². The van der Waals surface area contributed by atoms with Crippen LogP contribution in [0.4, 0.5) is 4.39 Å². The number of hydrogen-bond acceptors (Lipinski definition) is 1. The van der Waals surface area contributed by atoms with Crippen LogP contribution in [0.2, 0.25) is 5.02 Å². The Kier molecular flexibility index (Phi) is 5.78. The molecule has 0 atom stereocenters. The summed E-state index contributed by atoms with van der Waals surface area (Å²) >= 11 is 5.97. The minimum atomic E-state index is -0.276. The van der Waals surface area contributed by atoms with E-state index in [1.165, 1.54) is 31.4 Å². The molecule has 0 aliphatic heterocycles. The SMILES string of the molecule is CCCCCN(C)Cc1ccc(F)cc1Cl. The standard InChI is InChI=1S/C13H19ClFN/c1-3-4-5-8-16(2)10-11-6-7-12(15)9-13(11)14/h6-7,9H,3-5,8,10H2,1-2H3. The van der Waals surface area contributed by atoms with E-state index in [4.69, 9.17) is 11.6 Å². The van der Waals surface area contributed by atoms with Crippen molar-refractivity contribution in [2.75, 3.05) is 13.6 Å². The van der Waals surface area contributed by atoms with Crippen LogP contribution in [0.3, 0.4) is 0 Å². The molecular formula is C13H19ClFN. The molecule has 1 nitrogen and oxygen atoms in total. The molecule has 0 aliphatic carbocycles. The number of hydrogen-bond donors (Lipinski definition) is 0. The third-order valence-electron chi connectivity index (χ3n) is 2.60. The monoisotopic (exact) mass is 243 g/mol. The van der Waals surface area contributed by atoms with E-state index in [2.05, 4.69) is 18.9 Å². The van der Waals surface area contributed by atoms with Gasteiger partial charge in [0, 0.05) is 11.6 Å². The van der Waals surface area contributed by atoms with Crippen molar-refractivity contribution in [2.45, 2.75) is 32.7 Å². The van der Waals surface area contributed by atoms with Crippen LogP contribution in [0.5, 0.6) is 0 Å². The Bertz CT molecular complexity index is 328. The summed E-state index contributed by atoms with van der Waals surface area (Å²) in [6.07, 6.45) is 3.68. The molecule has 3 heteroatoms. The van der Waals surface area contributed by atoms with Crippen LogP contribution < -0.4 is 0 Å². The summed E-state index contributed by atoms with van der Waals surface area (Å²) in [7, 11) is 2.06. The Balaban J connectivity index is 2.46. The molecule has 1 aromatic carbocycles. The van der Waals surface area contributed by atoms with Gasteiger partial charge in [0.2, 0.25) is 0 Å². The van der Waals surface area contributed by atoms with Crippen LogP contribution >= 0.6 is 11.6 Å². The first-order valence-electron chi connectivity index (χ1n) is 5.76. The van der Waals surface area contributed by atoms with Crippen molar-refractivity contribution in [1.29, 1.82) is 0 Å². The second kappa shape index (κ2) is 6.87. The van der Waals surface area contributed by atoms with Gasteiger partial charge in [0.15, 0.2) is 0 Å². The van der Waals surface area contributed by atoms with Crippen molar-refractivity contribution >= 4 is 11.6 Å². The lowest BCUT2D eigenvalue weighted by atomic mass is 10.2. The highest BCUT2D eigenvalue weighted by Gasteiger charge is 2.05. The summed E-state index contributed by atoms with van der Waals surface area (Å²) in [5, 5.41) is 0.516. The number of unbranched alkanes of at least 4 members (excludes halogenated alkanes) is 2. The maximum absolute atomic E-state index is 12.8. The van der Waals surface area contributed by atoms with E-state index in [0.717, 1.165) is 18.7 Å². The lowest BCUT2D eigenvalue weighted by Gasteiger charge is -2.17.